The summed E-state index contributed by atoms with van der Waals surface area (Å²) < 4.78 is 4.87. The SMILES string of the molecule is COc1cc(NC(=O)C=C(C)N)ncn1. The highest BCUT2D eigenvalue weighted by Crippen LogP contribution is 2.09. The summed E-state index contributed by atoms with van der Waals surface area (Å²) in [5, 5.41) is 2.52. The molecule has 0 aliphatic rings. The summed E-state index contributed by atoms with van der Waals surface area (Å²) in [6.07, 6.45) is 2.57. The van der Waals surface area contributed by atoms with E-state index in [1.807, 2.05) is 0 Å². The van der Waals surface area contributed by atoms with Crippen LogP contribution in [0.2, 0.25) is 0 Å². The van der Waals surface area contributed by atoms with Crippen molar-refractivity contribution in [3.8, 4) is 5.88 Å². The summed E-state index contributed by atoms with van der Waals surface area (Å²) in [7, 11) is 1.48. The number of hydrogen-bond acceptors (Lipinski definition) is 5. The van der Waals surface area contributed by atoms with Gasteiger partial charge in [-0.2, -0.15) is 0 Å². The van der Waals surface area contributed by atoms with Crippen molar-refractivity contribution >= 4 is 11.7 Å². The Morgan fingerprint density at radius 1 is 1.60 bits per heavy atom. The molecule has 0 bridgehead atoms. The zero-order valence-corrected chi connectivity index (χ0v) is 8.52. The maximum Gasteiger partial charge on any atom is 0.251 e. The van der Waals surface area contributed by atoms with Gasteiger partial charge in [-0.3, -0.25) is 4.79 Å². The number of nitrogens with two attached hydrogens (primary N) is 1. The van der Waals surface area contributed by atoms with E-state index in [0.717, 1.165) is 0 Å². The lowest BCUT2D eigenvalue weighted by Crippen LogP contribution is -2.11. The van der Waals surface area contributed by atoms with Crippen LogP contribution in [-0.4, -0.2) is 23.0 Å². The predicted octanol–water partition coefficient (Wildman–Crippen LogP) is 0.286. The molecule has 1 heterocycles. The lowest BCUT2D eigenvalue weighted by molar-refractivity contribution is -0.112. The van der Waals surface area contributed by atoms with Gasteiger partial charge in [0.15, 0.2) is 0 Å². The molecule has 0 spiro atoms. The number of aromatic nitrogens is 2. The standard InChI is InChI=1S/C9H12N4O2/c1-6(10)3-8(14)13-7-4-9(15-2)12-5-11-7/h3-5H,10H2,1-2H3,(H,11,12,13,14). The molecule has 1 aromatic heterocycles. The Balaban J connectivity index is 2.72. The summed E-state index contributed by atoms with van der Waals surface area (Å²) in [6.45, 7) is 1.63. The molecule has 0 fully saturated rings. The van der Waals surface area contributed by atoms with Gasteiger partial charge in [0.25, 0.3) is 5.91 Å². The molecule has 0 aliphatic carbocycles. The van der Waals surface area contributed by atoms with Crippen LogP contribution in [0.1, 0.15) is 6.92 Å². The molecule has 0 aliphatic heterocycles. The number of allylic oxidation sites excluding steroid dienone is 1. The largest absolute Gasteiger partial charge is 0.481 e. The molecule has 80 valence electrons. The molecular formula is C9H12N4O2. The predicted molar refractivity (Wildman–Crippen MR) is 55.2 cm³/mol. The van der Waals surface area contributed by atoms with Crippen molar-refractivity contribution in [2.24, 2.45) is 5.73 Å². The normalized spacial score (nSPS) is 10.9. The van der Waals surface area contributed by atoms with E-state index in [1.54, 1.807) is 6.92 Å². The van der Waals surface area contributed by atoms with Crippen LogP contribution in [0.3, 0.4) is 0 Å². The molecule has 6 heteroatoms. The summed E-state index contributed by atoms with van der Waals surface area (Å²) in [5.74, 6) is 0.411. The first-order valence-electron chi connectivity index (χ1n) is 4.22. The van der Waals surface area contributed by atoms with Crippen molar-refractivity contribution in [1.29, 1.82) is 0 Å². The molecule has 1 aromatic rings. The smallest absolute Gasteiger partial charge is 0.251 e. The van der Waals surface area contributed by atoms with Gasteiger partial charge in [-0.15, -0.1) is 0 Å². The Hall–Kier alpha value is -2.11. The van der Waals surface area contributed by atoms with E-state index in [0.29, 0.717) is 17.4 Å². The fourth-order valence-electron chi connectivity index (χ4n) is 0.889. The number of methoxy groups -OCH3 is 1. The molecule has 1 amide bonds. The lowest BCUT2D eigenvalue weighted by atomic mass is 10.4. The number of amides is 1. The molecule has 0 saturated heterocycles. The van der Waals surface area contributed by atoms with E-state index in [1.165, 1.54) is 25.6 Å². The van der Waals surface area contributed by atoms with Gasteiger partial charge in [0.05, 0.1) is 7.11 Å². The fourth-order valence-corrected chi connectivity index (χ4v) is 0.889. The highest BCUT2D eigenvalue weighted by Gasteiger charge is 2.01. The van der Waals surface area contributed by atoms with E-state index in [2.05, 4.69) is 15.3 Å². The first kappa shape index (κ1) is 11.0. The molecule has 6 nitrogen and oxygen atoms in total. The van der Waals surface area contributed by atoms with Crippen LogP contribution >= 0.6 is 0 Å². The summed E-state index contributed by atoms with van der Waals surface area (Å²) in [6, 6.07) is 1.51. The first-order valence-corrected chi connectivity index (χ1v) is 4.22. The lowest BCUT2D eigenvalue weighted by Gasteiger charge is -2.02. The third kappa shape index (κ3) is 3.63. The maximum atomic E-state index is 11.3. The van der Waals surface area contributed by atoms with Crippen molar-refractivity contribution < 1.29 is 9.53 Å². The summed E-state index contributed by atoms with van der Waals surface area (Å²) >= 11 is 0. The van der Waals surface area contributed by atoms with Crippen LogP contribution in [0.5, 0.6) is 5.88 Å². The van der Waals surface area contributed by atoms with Crippen molar-refractivity contribution in [1.82, 2.24) is 9.97 Å². The van der Waals surface area contributed by atoms with Crippen LogP contribution < -0.4 is 15.8 Å². The number of anilines is 1. The molecule has 0 unspecified atom stereocenters. The third-order valence-corrected chi connectivity index (χ3v) is 1.46. The van der Waals surface area contributed by atoms with Gasteiger partial charge in [0.2, 0.25) is 5.88 Å². The Morgan fingerprint density at radius 3 is 2.93 bits per heavy atom. The van der Waals surface area contributed by atoms with Gasteiger partial charge in [0, 0.05) is 17.8 Å². The molecule has 1 rings (SSSR count). The number of nitrogens with one attached hydrogen (secondary N) is 1. The summed E-state index contributed by atoms with van der Waals surface area (Å²) in [5.41, 5.74) is 5.77. The molecule has 0 saturated carbocycles. The zero-order valence-electron chi connectivity index (χ0n) is 8.52. The highest BCUT2D eigenvalue weighted by atomic mass is 16.5. The van der Waals surface area contributed by atoms with E-state index in [4.69, 9.17) is 10.5 Å². The van der Waals surface area contributed by atoms with E-state index < -0.39 is 0 Å². The summed E-state index contributed by atoms with van der Waals surface area (Å²) in [4.78, 5) is 18.9. The molecule has 0 aromatic carbocycles. The molecule has 0 atom stereocenters. The second-order valence-corrected chi connectivity index (χ2v) is 2.82. The second kappa shape index (κ2) is 4.94. The average molecular weight is 208 g/mol. The zero-order chi connectivity index (χ0) is 11.3. The average Bonchev–Trinajstić information content (AvgIpc) is 2.16. The van der Waals surface area contributed by atoms with Crippen LogP contribution in [0.25, 0.3) is 0 Å². The van der Waals surface area contributed by atoms with E-state index >= 15 is 0 Å². The monoisotopic (exact) mass is 208 g/mol. The van der Waals surface area contributed by atoms with Crippen LogP contribution in [0, 0.1) is 0 Å². The minimum atomic E-state index is -0.337. The van der Waals surface area contributed by atoms with Gasteiger partial charge in [-0.1, -0.05) is 0 Å². The van der Waals surface area contributed by atoms with Crippen molar-refractivity contribution in [3.63, 3.8) is 0 Å². The number of rotatable bonds is 3. The number of carbonyl (C=O) groups is 1. The number of nitrogens with zero attached hydrogens (tertiary/aromatic N) is 2. The number of carbonyl (C=O) groups excluding carboxylic acids is 1. The molecule has 0 radical (unpaired) electrons. The van der Waals surface area contributed by atoms with E-state index in [9.17, 15) is 4.79 Å². The third-order valence-electron chi connectivity index (χ3n) is 1.46. The topological polar surface area (TPSA) is 90.1 Å². The quantitative estimate of drug-likeness (QED) is 0.696. The van der Waals surface area contributed by atoms with Gasteiger partial charge < -0.3 is 15.8 Å². The van der Waals surface area contributed by atoms with Crippen LogP contribution in [0.4, 0.5) is 5.82 Å². The van der Waals surface area contributed by atoms with Gasteiger partial charge in [0.1, 0.15) is 12.1 Å². The molecule has 15 heavy (non-hydrogen) atoms. The van der Waals surface area contributed by atoms with E-state index in [-0.39, 0.29) is 5.91 Å². The van der Waals surface area contributed by atoms with Crippen molar-refractivity contribution in [2.75, 3.05) is 12.4 Å². The first-order chi connectivity index (χ1) is 7.11. The Kier molecular flexibility index (Phi) is 3.61. The minimum Gasteiger partial charge on any atom is -0.481 e. The highest BCUT2D eigenvalue weighted by molar-refractivity contribution is 5.98. The number of hydrogen-bond donors (Lipinski definition) is 2. The van der Waals surface area contributed by atoms with Crippen molar-refractivity contribution in [3.05, 3.63) is 24.2 Å². The van der Waals surface area contributed by atoms with Crippen LogP contribution in [0.15, 0.2) is 24.2 Å². The second-order valence-electron chi connectivity index (χ2n) is 2.82. The van der Waals surface area contributed by atoms with Crippen LogP contribution in [-0.2, 0) is 4.79 Å². The fraction of sp³-hybridized carbons (Fsp3) is 0.222. The van der Waals surface area contributed by atoms with Gasteiger partial charge in [-0.25, -0.2) is 9.97 Å². The molecular weight excluding hydrogens is 196 g/mol. The number of ether oxygens (including phenoxy) is 1. The Morgan fingerprint density at radius 2 is 2.33 bits per heavy atom. The Bertz CT molecular complexity index is 385. The molecule has 3 N–H and O–H groups in total. The Labute approximate surface area is 87.2 Å². The van der Waals surface area contributed by atoms with Gasteiger partial charge >= 0.3 is 0 Å². The van der Waals surface area contributed by atoms with Crippen molar-refractivity contribution in [2.45, 2.75) is 6.92 Å². The van der Waals surface area contributed by atoms with Gasteiger partial charge in [-0.05, 0) is 6.92 Å². The maximum absolute atomic E-state index is 11.3. The minimum absolute atomic E-state index is 0.337.